The summed E-state index contributed by atoms with van der Waals surface area (Å²) in [6.07, 6.45) is 3.92. The quantitative estimate of drug-likeness (QED) is 0.458. The first kappa shape index (κ1) is 19.4. The van der Waals surface area contributed by atoms with Gasteiger partial charge in [-0.2, -0.15) is 0 Å². The highest BCUT2D eigenvalue weighted by Crippen LogP contribution is 2.43. The molecule has 1 saturated heterocycles. The van der Waals surface area contributed by atoms with Gasteiger partial charge in [-0.25, -0.2) is 0 Å². The van der Waals surface area contributed by atoms with Crippen molar-refractivity contribution >= 4 is 17.4 Å². The number of aliphatic hydroxyl groups is 1. The number of aryl methyl sites for hydroxylation is 3. The van der Waals surface area contributed by atoms with Crippen molar-refractivity contribution in [3.05, 3.63) is 75.9 Å². The van der Waals surface area contributed by atoms with E-state index in [9.17, 15) is 14.7 Å². The molecule has 1 heterocycles. The van der Waals surface area contributed by atoms with E-state index in [0.29, 0.717) is 5.56 Å². The lowest BCUT2D eigenvalue weighted by Gasteiger charge is -2.31. The van der Waals surface area contributed by atoms with Crippen LogP contribution >= 0.6 is 0 Å². The van der Waals surface area contributed by atoms with E-state index in [1.807, 2.05) is 63.2 Å². The van der Waals surface area contributed by atoms with Gasteiger partial charge in [0.2, 0.25) is 0 Å². The van der Waals surface area contributed by atoms with Crippen LogP contribution in [0.1, 0.15) is 59.5 Å². The molecule has 2 fully saturated rings. The summed E-state index contributed by atoms with van der Waals surface area (Å²) in [5.74, 6) is -1.14. The second-order valence-corrected chi connectivity index (χ2v) is 8.38. The molecule has 29 heavy (non-hydrogen) atoms. The van der Waals surface area contributed by atoms with Gasteiger partial charge in [0, 0.05) is 11.6 Å². The molecule has 0 bridgehead atoms. The molecule has 0 radical (unpaired) electrons. The van der Waals surface area contributed by atoms with E-state index in [-0.39, 0.29) is 17.4 Å². The van der Waals surface area contributed by atoms with Crippen LogP contribution < -0.4 is 0 Å². The molecule has 2 aromatic carbocycles. The van der Waals surface area contributed by atoms with Crippen LogP contribution in [0.3, 0.4) is 0 Å². The Hall–Kier alpha value is -2.88. The fourth-order valence-corrected chi connectivity index (χ4v) is 4.71. The van der Waals surface area contributed by atoms with Crippen molar-refractivity contribution in [3.63, 3.8) is 0 Å². The SMILES string of the molecule is Cc1cccc(C2/C(=C(\O)c3cc(C)ccc3C)C(=O)C(=O)N2C2CCCC2)c1. The standard InChI is InChI=1S/C25H27NO3/c1-15-7-6-8-18(13-15)22-21(23(27)20-14-16(2)11-12-17(20)3)24(28)25(29)26(22)19-9-4-5-10-19/h6-8,11-14,19,22,27H,4-5,9-10H2,1-3H3/b23-21+. The molecule has 0 spiro atoms. The summed E-state index contributed by atoms with van der Waals surface area (Å²) in [4.78, 5) is 28.0. The molecule has 1 aliphatic carbocycles. The highest BCUT2D eigenvalue weighted by molar-refractivity contribution is 6.46. The summed E-state index contributed by atoms with van der Waals surface area (Å²) in [6.45, 7) is 5.85. The number of carbonyl (C=O) groups excluding carboxylic acids is 2. The highest BCUT2D eigenvalue weighted by atomic mass is 16.3. The van der Waals surface area contributed by atoms with Crippen molar-refractivity contribution in [1.29, 1.82) is 0 Å². The number of carbonyl (C=O) groups is 2. The Morgan fingerprint density at radius 1 is 0.966 bits per heavy atom. The van der Waals surface area contributed by atoms with E-state index < -0.39 is 17.7 Å². The molecule has 4 nitrogen and oxygen atoms in total. The summed E-state index contributed by atoms with van der Waals surface area (Å²) in [7, 11) is 0. The predicted octanol–water partition coefficient (Wildman–Crippen LogP) is 4.98. The topological polar surface area (TPSA) is 57.6 Å². The average Bonchev–Trinajstić information content (AvgIpc) is 3.30. The minimum atomic E-state index is -0.582. The number of hydrogen-bond donors (Lipinski definition) is 1. The maximum Gasteiger partial charge on any atom is 0.295 e. The maximum absolute atomic E-state index is 13.1. The Morgan fingerprint density at radius 2 is 1.66 bits per heavy atom. The Morgan fingerprint density at radius 3 is 2.34 bits per heavy atom. The van der Waals surface area contributed by atoms with E-state index in [4.69, 9.17) is 0 Å². The highest BCUT2D eigenvalue weighted by Gasteiger charge is 2.49. The molecule has 150 valence electrons. The molecule has 4 heteroatoms. The normalized spacial score (nSPS) is 21.9. The second kappa shape index (κ2) is 7.51. The van der Waals surface area contributed by atoms with E-state index in [0.717, 1.165) is 47.9 Å². The van der Waals surface area contributed by atoms with Crippen molar-refractivity contribution in [2.75, 3.05) is 0 Å². The number of ketones is 1. The maximum atomic E-state index is 13.1. The van der Waals surface area contributed by atoms with Crippen LogP contribution in [0.15, 0.2) is 48.0 Å². The van der Waals surface area contributed by atoms with Gasteiger partial charge in [-0.3, -0.25) is 9.59 Å². The van der Waals surface area contributed by atoms with Crippen LogP contribution in [0.4, 0.5) is 0 Å². The summed E-state index contributed by atoms with van der Waals surface area (Å²) < 4.78 is 0. The van der Waals surface area contributed by atoms with Gasteiger partial charge < -0.3 is 10.0 Å². The van der Waals surface area contributed by atoms with Gasteiger partial charge in [0.05, 0.1) is 11.6 Å². The molecular weight excluding hydrogens is 362 g/mol. The van der Waals surface area contributed by atoms with Gasteiger partial charge in [-0.1, -0.05) is 60.4 Å². The summed E-state index contributed by atoms with van der Waals surface area (Å²) in [5.41, 5.74) is 4.64. The second-order valence-electron chi connectivity index (χ2n) is 8.38. The van der Waals surface area contributed by atoms with Gasteiger partial charge in [-0.15, -0.1) is 0 Å². The van der Waals surface area contributed by atoms with Gasteiger partial charge in [0.25, 0.3) is 11.7 Å². The van der Waals surface area contributed by atoms with E-state index in [1.54, 1.807) is 4.90 Å². The van der Waals surface area contributed by atoms with Crippen LogP contribution in [0.2, 0.25) is 0 Å². The number of aliphatic hydroxyl groups excluding tert-OH is 1. The third kappa shape index (κ3) is 3.37. The van der Waals surface area contributed by atoms with Crippen LogP contribution in [0.25, 0.3) is 5.76 Å². The molecule has 2 aromatic rings. The van der Waals surface area contributed by atoms with Crippen molar-refractivity contribution in [2.45, 2.75) is 58.5 Å². The fraction of sp³-hybridized carbons (Fsp3) is 0.360. The lowest BCUT2D eigenvalue weighted by Crippen LogP contribution is -2.37. The zero-order valence-corrected chi connectivity index (χ0v) is 17.2. The molecule has 1 aliphatic heterocycles. The largest absolute Gasteiger partial charge is 0.507 e. The smallest absolute Gasteiger partial charge is 0.295 e. The molecule has 1 saturated carbocycles. The molecule has 1 unspecified atom stereocenters. The predicted molar refractivity (Wildman–Crippen MR) is 113 cm³/mol. The molecule has 1 atom stereocenters. The van der Waals surface area contributed by atoms with Crippen LogP contribution in [0.5, 0.6) is 0 Å². The molecular formula is C25H27NO3. The van der Waals surface area contributed by atoms with Crippen molar-refractivity contribution in [1.82, 2.24) is 4.90 Å². The van der Waals surface area contributed by atoms with Gasteiger partial charge >= 0.3 is 0 Å². The molecule has 1 N–H and O–H groups in total. The van der Waals surface area contributed by atoms with Crippen LogP contribution in [-0.4, -0.2) is 27.7 Å². The van der Waals surface area contributed by atoms with Crippen molar-refractivity contribution in [3.8, 4) is 0 Å². The fourth-order valence-electron chi connectivity index (χ4n) is 4.71. The summed E-state index contributed by atoms with van der Waals surface area (Å²) >= 11 is 0. The summed E-state index contributed by atoms with van der Waals surface area (Å²) in [5, 5.41) is 11.3. The van der Waals surface area contributed by atoms with Crippen LogP contribution in [0, 0.1) is 20.8 Å². The van der Waals surface area contributed by atoms with E-state index >= 15 is 0 Å². The third-order valence-electron chi connectivity index (χ3n) is 6.20. The minimum Gasteiger partial charge on any atom is -0.507 e. The number of hydrogen-bond acceptors (Lipinski definition) is 3. The number of rotatable bonds is 3. The number of benzene rings is 2. The van der Waals surface area contributed by atoms with Crippen LogP contribution in [-0.2, 0) is 9.59 Å². The Labute approximate surface area is 171 Å². The first-order chi connectivity index (χ1) is 13.9. The molecule has 2 aliphatic rings. The number of nitrogens with zero attached hydrogens (tertiary/aromatic N) is 1. The number of likely N-dealkylation sites (tertiary alicyclic amines) is 1. The zero-order valence-electron chi connectivity index (χ0n) is 17.2. The monoisotopic (exact) mass is 389 g/mol. The Balaban J connectivity index is 1.93. The number of amides is 1. The van der Waals surface area contributed by atoms with Gasteiger partial charge in [0.1, 0.15) is 5.76 Å². The molecule has 1 amide bonds. The lowest BCUT2D eigenvalue weighted by atomic mass is 9.92. The van der Waals surface area contributed by atoms with Crippen molar-refractivity contribution < 1.29 is 14.7 Å². The zero-order chi connectivity index (χ0) is 20.7. The molecule has 4 rings (SSSR count). The average molecular weight is 389 g/mol. The van der Waals surface area contributed by atoms with Gasteiger partial charge in [0.15, 0.2) is 0 Å². The first-order valence-corrected chi connectivity index (χ1v) is 10.3. The van der Waals surface area contributed by atoms with Crippen molar-refractivity contribution in [2.24, 2.45) is 0 Å². The van der Waals surface area contributed by atoms with E-state index in [1.165, 1.54) is 0 Å². The number of Topliss-reactive ketones (excluding diaryl/α,β-unsaturated/α-hetero) is 1. The first-order valence-electron chi connectivity index (χ1n) is 10.3. The Kier molecular flexibility index (Phi) is 5.03. The Bertz CT molecular complexity index is 1010. The lowest BCUT2D eigenvalue weighted by molar-refractivity contribution is -0.141. The minimum absolute atomic E-state index is 0.0425. The van der Waals surface area contributed by atoms with E-state index in [2.05, 4.69) is 0 Å². The van der Waals surface area contributed by atoms with Gasteiger partial charge in [-0.05, 0) is 50.8 Å². The summed E-state index contributed by atoms with van der Waals surface area (Å²) in [6, 6.07) is 13.2. The third-order valence-corrected chi connectivity index (χ3v) is 6.20. The molecule has 0 aromatic heterocycles.